The fourth-order valence-corrected chi connectivity index (χ4v) is 4.33. The molecule has 4 nitrogen and oxygen atoms in total. The molecule has 0 spiro atoms. The Morgan fingerprint density at radius 2 is 2.00 bits per heavy atom. The quantitative estimate of drug-likeness (QED) is 0.829. The predicted octanol–water partition coefficient (Wildman–Crippen LogP) is 1.99. The Hall–Kier alpha value is -1.76. The second-order valence-corrected chi connectivity index (χ2v) is 5.90. The Balaban J connectivity index is 1.52. The van der Waals surface area contributed by atoms with Crippen LogP contribution in [0.2, 0.25) is 0 Å². The second-order valence-electron chi connectivity index (χ2n) is 5.90. The molecule has 3 fully saturated rings. The summed E-state index contributed by atoms with van der Waals surface area (Å²) in [5.74, 6) is 4.44. The highest BCUT2D eigenvalue weighted by atomic mass is 15.1. The first kappa shape index (κ1) is 10.2. The maximum Gasteiger partial charge on any atom is 0.165 e. The third kappa shape index (κ3) is 1.28. The van der Waals surface area contributed by atoms with E-state index in [1.165, 1.54) is 19.3 Å². The van der Waals surface area contributed by atoms with Gasteiger partial charge in [0.1, 0.15) is 11.9 Å². The van der Waals surface area contributed by atoms with Crippen LogP contribution in [-0.4, -0.2) is 11.0 Å². The van der Waals surface area contributed by atoms with Crippen LogP contribution in [0.25, 0.3) is 0 Å². The first-order chi connectivity index (χ1) is 8.78. The van der Waals surface area contributed by atoms with Crippen molar-refractivity contribution in [2.45, 2.75) is 25.3 Å². The summed E-state index contributed by atoms with van der Waals surface area (Å²) in [5, 5.41) is 12.4. The van der Waals surface area contributed by atoms with Gasteiger partial charge < -0.3 is 11.1 Å². The Bertz CT molecular complexity index is 531. The third-order valence-corrected chi connectivity index (χ3v) is 5.08. The molecule has 2 bridgehead atoms. The molecule has 4 unspecified atom stereocenters. The lowest BCUT2D eigenvalue weighted by molar-refractivity contribution is 0.456. The third-order valence-electron chi connectivity index (χ3n) is 5.08. The number of nitriles is 1. The molecule has 0 radical (unpaired) electrons. The van der Waals surface area contributed by atoms with Gasteiger partial charge in [-0.05, 0) is 55.1 Å². The lowest BCUT2D eigenvalue weighted by Gasteiger charge is -2.11. The topological polar surface area (TPSA) is 74.7 Å². The molecule has 1 heterocycles. The summed E-state index contributed by atoms with van der Waals surface area (Å²) in [6.45, 7) is 0. The van der Waals surface area contributed by atoms with Crippen LogP contribution >= 0.6 is 0 Å². The van der Waals surface area contributed by atoms with E-state index in [1.807, 2.05) is 12.1 Å². The summed E-state index contributed by atoms with van der Waals surface area (Å²) in [6.07, 6.45) is 4.29. The van der Waals surface area contributed by atoms with Crippen LogP contribution in [0.4, 0.5) is 11.5 Å². The Morgan fingerprint density at radius 1 is 1.28 bits per heavy atom. The van der Waals surface area contributed by atoms with E-state index in [2.05, 4.69) is 10.3 Å². The number of hydrogen-bond donors (Lipinski definition) is 2. The maximum atomic E-state index is 8.93. The summed E-state index contributed by atoms with van der Waals surface area (Å²) >= 11 is 0. The van der Waals surface area contributed by atoms with Crippen LogP contribution in [0, 0.1) is 35.0 Å². The maximum absolute atomic E-state index is 8.93. The number of rotatable bonds is 2. The van der Waals surface area contributed by atoms with Crippen molar-refractivity contribution in [2.75, 3.05) is 11.1 Å². The zero-order valence-corrected chi connectivity index (χ0v) is 10.1. The van der Waals surface area contributed by atoms with Crippen LogP contribution in [0.5, 0.6) is 0 Å². The van der Waals surface area contributed by atoms with Gasteiger partial charge in [0.25, 0.3) is 0 Å². The zero-order valence-electron chi connectivity index (χ0n) is 10.1. The summed E-state index contributed by atoms with van der Waals surface area (Å²) in [6, 6.07) is 6.28. The first-order valence-electron chi connectivity index (χ1n) is 6.71. The van der Waals surface area contributed by atoms with Crippen molar-refractivity contribution >= 4 is 11.5 Å². The molecule has 18 heavy (non-hydrogen) atoms. The lowest BCUT2D eigenvalue weighted by Crippen LogP contribution is -2.14. The molecule has 0 saturated heterocycles. The Labute approximate surface area is 106 Å². The molecule has 1 aromatic rings. The van der Waals surface area contributed by atoms with Crippen LogP contribution in [0.15, 0.2) is 12.1 Å². The molecule has 0 aromatic carbocycles. The number of fused-ring (bicyclic) bond motifs is 5. The highest BCUT2D eigenvalue weighted by molar-refractivity contribution is 5.55. The molecule has 3 aliphatic carbocycles. The smallest absolute Gasteiger partial charge is 0.165 e. The number of nitrogens with two attached hydrogens (primary N) is 1. The summed E-state index contributed by atoms with van der Waals surface area (Å²) < 4.78 is 0. The van der Waals surface area contributed by atoms with Gasteiger partial charge in [0.15, 0.2) is 5.69 Å². The van der Waals surface area contributed by atoms with Crippen molar-refractivity contribution in [1.82, 2.24) is 4.98 Å². The van der Waals surface area contributed by atoms with Gasteiger partial charge in [0.2, 0.25) is 0 Å². The first-order valence-corrected chi connectivity index (χ1v) is 6.71. The van der Waals surface area contributed by atoms with Crippen LogP contribution < -0.4 is 11.1 Å². The molecular weight excluding hydrogens is 224 g/mol. The van der Waals surface area contributed by atoms with Gasteiger partial charge >= 0.3 is 0 Å². The van der Waals surface area contributed by atoms with E-state index in [0.29, 0.717) is 17.4 Å². The van der Waals surface area contributed by atoms with Gasteiger partial charge in [0, 0.05) is 6.04 Å². The van der Waals surface area contributed by atoms with Gasteiger partial charge in [-0.2, -0.15) is 5.26 Å². The van der Waals surface area contributed by atoms with Crippen molar-refractivity contribution < 1.29 is 0 Å². The van der Waals surface area contributed by atoms with Gasteiger partial charge in [-0.1, -0.05) is 0 Å². The average Bonchev–Trinajstić information content (AvgIpc) is 2.78. The molecular formula is C14H16N4. The number of nitrogens with one attached hydrogen (secondary N) is 1. The van der Waals surface area contributed by atoms with E-state index >= 15 is 0 Å². The highest BCUT2D eigenvalue weighted by Gasteiger charge is 2.65. The molecule has 92 valence electrons. The van der Waals surface area contributed by atoms with Gasteiger partial charge in [-0.25, -0.2) is 4.98 Å². The van der Waals surface area contributed by atoms with Gasteiger partial charge in [0.05, 0.1) is 5.69 Å². The molecule has 4 rings (SSSR count). The fourth-order valence-electron chi connectivity index (χ4n) is 4.33. The molecule has 3 saturated carbocycles. The van der Waals surface area contributed by atoms with Crippen molar-refractivity contribution in [2.24, 2.45) is 23.7 Å². The standard InChI is InChI=1S/C14H16N4/c15-6-10-9(16)3-4-11(17-10)18-14-12-7-1-2-8(5-7)13(12)14/h3-4,7-8,12-14H,1-2,5,16H2,(H,17,18). The fraction of sp³-hybridized carbons (Fsp3) is 0.571. The van der Waals surface area contributed by atoms with E-state index in [9.17, 15) is 0 Å². The normalized spacial score (nSPS) is 39.2. The van der Waals surface area contributed by atoms with E-state index < -0.39 is 0 Å². The average molecular weight is 240 g/mol. The predicted molar refractivity (Wildman–Crippen MR) is 68.6 cm³/mol. The molecule has 3 aliphatic rings. The highest BCUT2D eigenvalue weighted by Crippen LogP contribution is 2.66. The molecule has 4 heteroatoms. The number of pyridine rings is 1. The molecule has 3 N–H and O–H groups in total. The van der Waals surface area contributed by atoms with Crippen molar-refractivity contribution in [3.63, 3.8) is 0 Å². The minimum Gasteiger partial charge on any atom is -0.396 e. The second kappa shape index (κ2) is 3.38. The van der Waals surface area contributed by atoms with Crippen LogP contribution in [-0.2, 0) is 0 Å². The van der Waals surface area contributed by atoms with E-state index in [1.54, 1.807) is 6.07 Å². The molecule has 0 amide bonds. The number of hydrogen-bond acceptors (Lipinski definition) is 4. The monoisotopic (exact) mass is 240 g/mol. The van der Waals surface area contributed by atoms with Crippen LogP contribution in [0.3, 0.4) is 0 Å². The number of aromatic nitrogens is 1. The Morgan fingerprint density at radius 3 is 2.67 bits per heavy atom. The van der Waals surface area contributed by atoms with Crippen molar-refractivity contribution in [1.29, 1.82) is 5.26 Å². The SMILES string of the molecule is N#Cc1nc(NC2C3C4CCC(C4)C23)ccc1N. The zero-order chi connectivity index (χ0) is 12.3. The van der Waals surface area contributed by atoms with E-state index in [-0.39, 0.29) is 0 Å². The minimum absolute atomic E-state index is 0.328. The van der Waals surface area contributed by atoms with Crippen molar-refractivity contribution in [3.05, 3.63) is 17.8 Å². The van der Waals surface area contributed by atoms with Crippen molar-refractivity contribution in [3.8, 4) is 6.07 Å². The van der Waals surface area contributed by atoms with Gasteiger partial charge in [-0.15, -0.1) is 0 Å². The van der Waals surface area contributed by atoms with E-state index in [0.717, 1.165) is 29.5 Å². The Kier molecular flexibility index (Phi) is 1.91. The van der Waals surface area contributed by atoms with Gasteiger partial charge in [-0.3, -0.25) is 0 Å². The number of nitrogen functional groups attached to an aromatic ring is 1. The molecule has 4 atom stereocenters. The van der Waals surface area contributed by atoms with Crippen LogP contribution in [0.1, 0.15) is 25.0 Å². The minimum atomic E-state index is 0.328. The largest absolute Gasteiger partial charge is 0.396 e. The lowest BCUT2D eigenvalue weighted by atomic mass is 10.0. The summed E-state index contributed by atoms with van der Waals surface area (Å²) in [7, 11) is 0. The summed E-state index contributed by atoms with van der Waals surface area (Å²) in [5.41, 5.74) is 6.46. The van der Waals surface area contributed by atoms with E-state index in [4.69, 9.17) is 11.0 Å². The molecule has 0 aliphatic heterocycles. The molecule has 1 aromatic heterocycles. The number of nitrogens with zero attached hydrogens (tertiary/aromatic N) is 2. The number of anilines is 2. The summed E-state index contributed by atoms with van der Waals surface area (Å²) in [4.78, 5) is 4.27.